The van der Waals surface area contributed by atoms with E-state index in [0.717, 1.165) is 31.6 Å². The minimum atomic E-state index is 0.556. The van der Waals surface area contributed by atoms with Crippen molar-refractivity contribution in [1.82, 2.24) is 14.9 Å². The van der Waals surface area contributed by atoms with Crippen molar-refractivity contribution in [2.75, 3.05) is 13.1 Å². The molecule has 21 heavy (non-hydrogen) atoms. The summed E-state index contributed by atoms with van der Waals surface area (Å²) in [5.41, 5.74) is 3.82. The zero-order chi connectivity index (χ0) is 15.2. The second kappa shape index (κ2) is 7.60. The summed E-state index contributed by atoms with van der Waals surface area (Å²) in [5.74, 6) is 1.78. The molecule has 0 unspecified atom stereocenters. The first-order valence-electron chi connectivity index (χ1n) is 8.37. The minimum Gasteiger partial charge on any atom is -0.328 e. The standard InChI is InChI=1S/C18H29N3/c1-5-7-12-21-17-9-8-15(14(3)4)13-16(17)20-18(21)10-11-19-6-2/h8-9,13-14,19H,5-7,10-12H2,1-4H3. The van der Waals surface area contributed by atoms with E-state index in [2.05, 4.69) is 55.8 Å². The lowest BCUT2D eigenvalue weighted by Gasteiger charge is -2.09. The van der Waals surface area contributed by atoms with Crippen LogP contribution in [0.4, 0.5) is 0 Å². The molecule has 3 nitrogen and oxygen atoms in total. The molecular formula is C18H29N3. The number of hydrogen-bond donors (Lipinski definition) is 1. The molecule has 0 amide bonds. The molecule has 1 aromatic carbocycles. The van der Waals surface area contributed by atoms with Gasteiger partial charge >= 0.3 is 0 Å². The summed E-state index contributed by atoms with van der Waals surface area (Å²) in [4.78, 5) is 4.90. The summed E-state index contributed by atoms with van der Waals surface area (Å²) >= 11 is 0. The van der Waals surface area contributed by atoms with Gasteiger partial charge in [0, 0.05) is 19.5 Å². The third-order valence-electron chi connectivity index (χ3n) is 4.03. The molecule has 0 aliphatic rings. The zero-order valence-corrected chi connectivity index (χ0v) is 13.9. The SMILES string of the molecule is CCCCn1c(CCNCC)nc2cc(C(C)C)ccc21. The molecular weight excluding hydrogens is 258 g/mol. The van der Waals surface area contributed by atoms with Gasteiger partial charge < -0.3 is 9.88 Å². The van der Waals surface area contributed by atoms with Crippen molar-refractivity contribution in [3.05, 3.63) is 29.6 Å². The van der Waals surface area contributed by atoms with E-state index in [0.29, 0.717) is 5.92 Å². The Kier molecular flexibility index (Phi) is 5.80. The third-order valence-corrected chi connectivity index (χ3v) is 4.03. The van der Waals surface area contributed by atoms with Crippen molar-refractivity contribution in [2.24, 2.45) is 0 Å². The Morgan fingerprint density at radius 2 is 2.05 bits per heavy atom. The van der Waals surface area contributed by atoms with E-state index in [9.17, 15) is 0 Å². The molecule has 1 heterocycles. The molecule has 0 atom stereocenters. The van der Waals surface area contributed by atoms with Crippen molar-refractivity contribution in [3.63, 3.8) is 0 Å². The number of benzene rings is 1. The Morgan fingerprint density at radius 3 is 2.71 bits per heavy atom. The van der Waals surface area contributed by atoms with Crippen LogP contribution >= 0.6 is 0 Å². The van der Waals surface area contributed by atoms with Crippen LogP contribution in [-0.2, 0) is 13.0 Å². The highest BCUT2D eigenvalue weighted by Crippen LogP contribution is 2.23. The average Bonchev–Trinajstić information content (AvgIpc) is 2.82. The molecule has 3 heteroatoms. The monoisotopic (exact) mass is 287 g/mol. The van der Waals surface area contributed by atoms with Gasteiger partial charge in [-0.3, -0.25) is 0 Å². The van der Waals surface area contributed by atoms with Gasteiger partial charge in [-0.05, 0) is 36.6 Å². The summed E-state index contributed by atoms with van der Waals surface area (Å²) in [6.45, 7) is 12.0. The van der Waals surface area contributed by atoms with Crippen LogP contribution in [0.1, 0.15) is 57.8 Å². The van der Waals surface area contributed by atoms with E-state index in [1.807, 2.05) is 0 Å². The minimum absolute atomic E-state index is 0.556. The van der Waals surface area contributed by atoms with Gasteiger partial charge in [-0.15, -0.1) is 0 Å². The molecule has 2 aromatic rings. The third kappa shape index (κ3) is 3.85. The Hall–Kier alpha value is -1.35. The molecule has 0 aliphatic carbocycles. The molecule has 2 rings (SSSR count). The van der Waals surface area contributed by atoms with Crippen LogP contribution in [0.5, 0.6) is 0 Å². The first-order valence-corrected chi connectivity index (χ1v) is 8.37. The lowest BCUT2D eigenvalue weighted by atomic mass is 10.0. The molecule has 0 aliphatic heterocycles. The van der Waals surface area contributed by atoms with Crippen LogP contribution in [0.25, 0.3) is 11.0 Å². The number of unbranched alkanes of at least 4 members (excludes halogenated alkanes) is 1. The second-order valence-corrected chi connectivity index (χ2v) is 6.04. The first kappa shape index (κ1) is 16.0. The van der Waals surface area contributed by atoms with Crippen LogP contribution in [0.2, 0.25) is 0 Å². The predicted molar refractivity (Wildman–Crippen MR) is 91.0 cm³/mol. The highest BCUT2D eigenvalue weighted by Gasteiger charge is 2.11. The molecule has 0 saturated carbocycles. The fraction of sp³-hybridized carbons (Fsp3) is 0.611. The maximum absolute atomic E-state index is 4.90. The van der Waals surface area contributed by atoms with Gasteiger partial charge in [0.1, 0.15) is 5.82 Å². The maximum atomic E-state index is 4.90. The number of fused-ring (bicyclic) bond motifs is 1. The number of nitrogens with one attached hydrogen (secondary N) is 1. The van der Waals surface area contributed by atoms with Crippen molar-refractivity contribution >= 4 is 11.0 Å². The Balaban J connectivity index is 2.34. The summed E-state index contributed by atoms with van der Waals surface area (Å²) in [6.07, 6.45) is 3.44. The largest absolute Gasteiger partial charge is 0.328 e. The summed E-state index contributed by atoms with van der Waals surface area (Å²) < 4.78 is 2.42. The van der Waals surface area contributed by atoms with Crippen LogP contribution in [0.15, 0.2) is 18.2 Å². The number of aryl methyl sites for hydroxylation is 1. The second-order valence-electron chi connectivity index (χ2n) is 6.04. The summed E-state index contributed by atoms with van der Waals surface area (Å²) in [6, 6.07) is 6.77. The van der Waals surface area contributed by atoms with E-state index in [-0.39, 0.29) is 0 Å². The molecule has 0 spiro atoms. The van der Waals surface area contributed by atoms with Crippen molar-refractivity contribution < 1.29 is 0 Å². The maximum Gasteiger partial charge on any atom is 0.111 e. The molecule has 116 valence electrons. The molecule has 0 fully saturated rings. The Morgan fingerprint density at radius 1 is 1.24 bits per heavy atom. The molecule has 0 radical (unpaired) electrons. The fourth-order valence-corrected chi connectivity index (χ4v) is 2.69. The number of nitrogens with zero attached hydrogens (tertiary/aromatic N) is 2. The highest BCUT2D eigenvalue weighted by molar-refractivity contribution is 5.77. The summed E-state index contributed by atoms with van der Waals surface area (Å²) in [7, 11) is 0. The smallest absolute Gasteiger partial charge is 0.111 e. The van der Waals surface area contributed by atoms with Gasteiger partial charge in [0.25, 0.3) is 0 Å². The van der Waals surface area contributed by atoms with Gasteiger partial charge in [0.2, 0.25) is 0 Å². The highest BCUT2D eigenvalue weighted by atomic mass is 15.1. The fourth-order valence-electron chi connectivity index (χ4n) is 2.69. The molecule has 1 N–H and O–H groups in total. The van der Waals surface area contributed by atoms with E-state index in [1.165, 1.54) is 29.7 Å². The number of likely N-dealkylation sites (N-methyl/N-ethyl adjacent to an activating group) is 1. The topological polar surface area (TPSA) is 29.9 Å². The van der Waals surface area contributed by atoms with Crippen LogP contribution < -0.4 is 5.32 Å². The van der Waals surface area contributed by atoms with Crippen molar-refractivity contribution in [1.29, 1.82) is 0 Å². The van der Waals surface area contributed by atoms with Crippen LogP contribution in [-0.4, -0.2) is 22.6 Å². The quantitative estimate of drug-likeness (QED) is 0.740. The van der Waals surface area contributed by atoms with Gasteiger partial charge in [0.05, 0.1) is 11.0 Å². The van der Waals surface area contributed by atoms with Gasteiger partial charge in [-0.25, -0.2) is 4.98 Å². The van der Waals surface area contributed by atoms with Crippen LogP contribution in [0.3, 0.4) is 0 Å². The molecule has 1 aromatic heterocycles. The van der Waals surface area contributed by atoms with Crippen molar-refractivity contribution in [3.8, 4) is 0 Å². The average molecular weight is 287 g/mol. The van der Waals surface area contributed by atoms with E-state index >= 15 is 0 Å². The number of hydrogen-bond acceptors (Lipinski definition) is 2. The zero-order valence-electron chi connectivity index (χ0n) is 13.9. The number of rotatable bonds is 8. The molecule has 0 bridgehead atoms. The van der Waals surface area contributed by atoms with Gasteiger partial charge in [-0.1, -0.05) is 40.2 Å². The van der Waals surface area contributed by atoms with Gasteiger partial charge in [0.15, 0.2) is 0 Å². The summed E-state index contributed by atoms with van der Waals surface area (Å²) in [5, 5.41) is 3.40. The van der Waals surface area contributed by atoms with Crippen LogP contribution in [0, 0.1) is 0 Å². The van der Waals surface area contributed by atoms with Crippen molar-refractivity contribution in [2.45, 2.75) is 59.4 Å². The lowest BCUT2D eigenvalue weighted by molar-refractivity contribution is 0.600. The number of aromatic nitrogens is 2. The predicted octanol–water partition coefficient (Wildman–Crippen LogP) is 4.11. The number of imidazole rings is 1. The lowest BCUT2D eigenvalue weighted by Crippen LogP contribution is -2.18. The van der Waals surface area contributed by atoms with E-state index < -0.39 is 0 Å². The Bertz CT molecular complexity index is 569. The Labute approximate surface area is 128 Å². The van der Waals surface area contributed by atoms with Gasteiger partial charge in [-0.2, -0.15) is 0 Å². The molecule has 0 saturated heterocycles. The van der Waals surface area contributed by atoms with E-state index in [4.69, 9.17) is 4.98 Å². The normalized spacial score (nSPS) is 11.7. The first-order chi connectivity index (χ1) is 10.2. The van der Waals surface area contributed by atoms with E-state index in [1.54, 1.807) is 0 Å².